The minimum absolute atomic E-state index is 0.241. The van der Waals surface area contributed by atoms with E-state index in [1.54, 1.807) is 48.5 Å². The first kappa shape index (κ1) is 24.6. The van der Waals surface area contributed by atoms with Crippen LogP contribution in [0.15, 0.2) is 76.3 Å². The molecule has 168 valence electrons. The zero-order chi connectivity index (χ0) is 23.8. The van der Waals surface area contributed by atoms with Gasteiger partial charge in [-0.25, -0.2) is 10.2 Å². The predicted molar refractivity (Wildman–Crippen MR) is 138 cm³/mol. The van der Waals surface area contributed by atoms with Gasteiger partial charge >= 0.3 is 5.97 Å². The number of aryl methyl sites for hydroxylation is 1. The fourth-order valence-electron chi connectivity index (χ4n) is 2.78. The summed E-state index contributed by atoms with van der Waals surface area (Å²) in [5.41, 5.74) is 4.58. The molecule has 0 heterocycles. The van der Waals surface area contributed by atoms with Crippen LogP contribution in [0, 0.1) is 10.5 Å². The monoisotopic (exact) mass is 619 g/mol. The minimum atomic E-state index is -0.501. The Kier molecular flexibility index (Phi) is 8.72. The first-order valence-electron chi connectivity index (χ1n) is 9.77. The van der Waals surface area contributed by atoms with Gasteiger partial charge in [0.05, 0.1) is 23.9 Å². The number of hydrazone groups is 1. The van der Waals surface area contributed by atoms with Crippen molar-refractivity contribution in [3.8, 4) is 5.75 Å². The SMILES string of the molecule is Cc1ccccc1C(=O)Oc1ccc(Br)cc1C=NNC(=O)CNC(=O)c1ccccc1I. The quantitative estimate of drug-likeness (QED) is 0.134. The summed E-state index contributed by atoms with van der Waals surface area (Å²) in [7, 11) is 0. The first-order valence-corrected chi connectivity index (χ1v) is 11.6. The molecule has 0 fully saturated rings. The van der Waals surface area contributed by atoms with E-state index < -0.39 is 11.9 Å². The van der Waals surface area contributed by atoms with Crippen LogP contribution in [-0.4, -0.2) is 30.5 Å². The van der Waals surface area contributed by atoms with Gasteiger partial charge in [-0.05, 0) is 71.5 Å². The molecule has 0 saturated carbocycles. The van der Waals surface area contributed by atoms with E-state index in [4.69, 9.17) is 4.74 Å². The highest BCUT2D eigenvalue weighted by molar-refractivity contribution is 14.1. The summed E-state index contributed by atoms with van der Waals surface area (Å²) in [5.74, 6) is -1.06. The maximum atomic E-state index is 12.6. The van der Waals surface area contributed by atoms with Crippen molar-refractivity contribution in [3.63, 3.8) is 0 Å². The molecular weight excluding hydrogens is 601 g/mol. The second kappa shape index (κ2) is 11.7. The number of esters is 1. The summed E-state index contributed by atoms with van der Waals surface area (Å²) in [6.07, 6.45) is 1.37. The van der Waals surface area contributed by atoms with Crippen molar-refractivity contribution in [1.82, 2.24) is 10.7 Å². The summed E-state index contributed by atoms with van der Waals surface area (Å²) in [5, 5.41) is 6.47. The summed E-state index contributed by atoms with van der Waals surface area (Å²) < 4.78 is 7.07. The van der Waals surface area contributed by atoms with Gasteiger partial charge in [-0.3, -0.25) is 9.59 Å². The Hall–Kier alpha value is -3.05. The number of carbonyl (C=O) groups is 3. The van der Waals surface area contributed by atoms with Gasteiger partial charge in [0.2, 0.25) is 0 Å². The Balaban J connectivity index is 1.61. The summed E-state index contributed by atoms with van der Waals surface area (Å²) in [4.78, 5) is 36.8. The van der Waals surface area contributed by atoms with E-state index in [9.17, 15) is 14.4 Å². The molecule has 2 amide bonds. The molecule has 7 nitrogen and oxygen atoms in total. The van der Waals surface area contributed by atoms with E-state index in [2.05, 4.69) is 54.4 Å². The lowest BCUT2D eigenvalue weighted by Crippen LogP contribution is -2.35. The van der Waals surface area contributed by atoms with Crippen LogP contribution in [0.4, 0.5) is 0 Å². The highest BCUT2D eigenvalue weighted by atomic mass is 127. The average Bonchev–Trinajstić information content (AvgIpc) is 2.79. The number of nitrogens with one attached hydrogen (secondary N) is 2. The second-order valence-electron chi connectivity index (χ2n) is 6.84. The van der Waals surface area contributed by atoms with Crippen LogP contribution in [0.25, 0.3) is 0 Å². The number of rotatable bonds is 7. The fraction of sp³-hybridized carbons (Fsp3) is 0.0833. The normalized spacial score (nSPS) is 10.6. The molecule has 2 N–H and O–H groups in total. The van der Waals surface area contributed by atoms with Gasteiger partial charge in [0.15, 0.2) is 0 Å². The van der Waals surface area contributed by atoms with E-state index in [1.165, 1.54) is 6.21 Å². The van der Waals surface area contributed by atoms with Crippen LogP contribution < -0.4 is 15.5 Å². The van der Waals surface area contributed by atoms with Crippen LogP contribution in [0.5, 0.6) is 5.75 Å². The Bertz CT molecular complexity index is 1230. The van der Waals surface area contributed by atoms with Crippen LogP contribution in [0.2, 0.25) is 0 Å². The van der Waals surface area contributed by atoms with Crippen molar-refractivity contribution in [3.05, 3.63) is 97.0 Å². The van der Waals surface area contributed by atoms with Gasteiger partial charge in [0.1, 0.15) is 5.75 Å². The van der Waals surface area contributed by atoms with Gasteiger partial charge in [0, 0.05) is 13.6 Å². The molecule has 3 aromatic rings. The third kappa shape index (κ3) is 6.96. The average molecular weight is 620 g/mol. The molecule has 0 unspecified atom stereocenters. The van der Waals surface area contributed by atoms with Gasteiger partial charge in [-0.15, -0.1) is 0 Å². The number of hydrogen-bond donors (Lipinski definition) is 2. The van der Waals surface area contributed by atoms with Crippen LogP contribution >= 0.6 is 38.5 Å². The molecule has 0 aromatic heterocycles. The van der Waals surface area contributed by atoms with Crippen molar-refractivity contribution in [2.24, 2.45) is 5.10 Å². The van der Waals surface area contributed by atoms with Crippen LogP contribution in [0.3, 0.4) is 0 Å². The lowest BCUT2D eigenvalue weighted by molar-refractivity contribution is -0.120. The minimum Gasteiger partial charge on any atom is -0.422 e. The number of benzene rings is 3. The van der Waals surface area contributed by atoms with Crippen molar-refractivity contribution in [2.75, 3.05) is 6.54 Å². The number of carbonyl (C=O) groups excluding carboxylic acids is 3. The Morgan fingerprint density at radius 1 is 1.03 bits per heavy atom. The Morgan fingerprint density at radius 2 is 1.73 bits per heavy atom. The largest absolute Gasteiger partial charge is 0.422 e. The summed E-state index contributed by atoms with van der Waals surface area (Å²) in [6, 6.07) is 19.3. The maximum Gasteiger partial charge on any atom is 0.343 e. The molecule has 0 bridgehead atoms. The highest BCUT2D eigenvalue weighted by Crippen LogP contribution is 2.23. The van der Waals surface area contributed by atoms with Gasteiger partial charge < -0.3 is 10.1 Å². The summed E-state index contributed by atoms with van der Waals surface area (Å²) >= 11 is 5.43. The van der Waals surface area contributed by atoms with E-state index in [1.807, 2.05) is 25.1 Å². The molecular formula is C24H19BrIN3O4. The fourth-order valence-corrected chi connectivity index (χ4v) is 3.80. The molecule has 3 rings (SSSR count). The molecule has 0 aliphatic rings. The number of ether oxygens (including phenoxy) is 1. The standard InChI is InChI=1S/C24H19BrIN3O4/c1-15-6-2-3-7-18(15)24(32)33-21-11-10-17(25)12-16(21)13-28-29-22(30)14-27-23(31)19-8-4-5-9-20(19)26/h2-13H,14H2,1H3,(H,27,31)(H,29,30). The number of halogens is 2. The molecule has 0 spiro atoms. The van der Waals surface area contributed by atoms with Gasteiger partial charge in [0.25, 0.3) is 11.8 Å². The third-order valence-corrected chi connectivity index (χ3v) is 5.89. The molecule has 0 aliphatic carbocycles. The first-order chi connectivity index (χ1) is 15.8. The van der Waals surface area contributed by atoms with E-state index in [0.717, 1.165) is 13.6 Å². The van der Waals surface area contributed by atoms with Crippen molar-refractivity contribution < 1.29 is 19.1 Å². The number of hydrogen-bond acceptors (Lipinski definition) is 5. The van der Waals surface area contributed by atoms with E-state index >= 15 is 0 Å². The smallest absolute Gasteiger partial charge is 0.343 e. The van der Waals surface area contributed by atoms with Gasteiger partial charge in [-0.2, -0.15) is 5.10 Å². The topological polar surface area (TPSA) is 96.9 Å². The predicted octanol–water partition coefficient (Wildman–Crippen LogP) is 4.46. The molecule has 0 aliphatic heterocycles. The van der Waals surface area contributed by atoms with Gasteiger partial charge in [-0.1, -0.05) is 46.3 Å². The van der Waals surface area contributed by atoms with E-state index in [0.29, 0.717) is 16.7 Å². The number of amides is 2. The summed E-state index contributed by atoms with van der Waals surface area (Å²) in [6.45, 7) is 1.59. The molecule has 33 heavy (non-hydrogen) atoms. The molecule has 3 aromatic carbocycles. The highest BCUT2D eigenvalue weighted by Gasteiger charge is 2.14. The van der Waals surface area contributed by atoms with Crippen molar-refractivity contribution in [1.29, 1.82) is 0 Å². The molecule has 0 atom stereocenters. The lowest BCUT2D eigenvalue weighted by Gasteiger charge is -2.09. The zero-order valence-corrected chi connectivity index (χ0v) is 21.2. The lowest BCUT2D eigenvalue weighted by atomic mass is 10.1. The third-order valence-electron chi connectivity index (χ3n) is 4.46. The van der Waals surface area contributed by atoms with Crippen molar-refractivity contribution >= 4 is 62.5 Å². The molecule has 9 heteroatoms. The van der Waals surface area contributed by atoms with Crippen molar-refractivity contribution in [2.45, 2.75) is 6.92 Å². The van der Waals surface area contributed by atoms with Crippen LogP contribution in [0.1, 0.15) is 31.8 Å². The molecule has 0 radical (unpaired) electrons. The molecule has 0 saturated heterocycles. The van der Waals surface area contributed by atoms with Crippen LogP contribution in [-0.2, 0) is 4.79 Å². The van der Waals surface area contributed by atoms with E-state index in [-0.39, 0.29) is 18.2 Å². The second-order valence-corrected chi connectivity index (χ2v) is 8.92. The number of nitrogens with zero attached hydrogens (tertiary/aromatic N) is 1. The Morgan fingerprint density at radius 3 is 2.45 bits per heavy atom. The maximum absolute atomic E-state index is 12.6. The Labute approximate surface area is 212 Å². The zero-order valence-electron chi connectivity index (χ0n) is 17.5.